The van der Waals surface area contributed by atoms with Gasteiger partial charge in [-0.2, -0.15) is 15.0 Å². The van der Waals surface area contributed by atoms with Crippen LogP contribution in [0.4, 0.5) is 0 Å². The lowest BCUT2D eigenvalue weighted by Crippen LogP contribution is -1.90. The molecule has 0 saturated heterocycles. The Balaban J connectivity index is 0.0000000960. The molecule has 0 radical (unpaired) electrons. The summed E-state index contributed by atoms with van der Waals surface area (Å²) in [6, 6.07) is 76.9. The summed E-state index contributed by atoms with van der Waals surface area (Å²) in [6.45, 7) is 22.5. The summed E-state index contributed by atoms with van der Waals surface area (Å²) in [6.07, 6.45) is 6.06. The molecule has 0 saturated carbocycles. The van der Waals surface area contributed by atoms with Gasteiger partial charge in [0.15, 0.2) is 33.5 Å². The molecule has 9 aromatic carbocycles. The van der Waals surface area contributed by atoms with Crippen molar-refractivity contribution in [3.63, 3.8) is 0 Å². The summed E-state index contributed by atoms with van der Waals surface area (Å²) < 4.78 is 67.8. The normalized spacial score (nSPS) is 11.5. The molecule has 632 valence electrons. The number of H-pyrrole nitrogens is 1. The quantitative estimate of drug-likeness (QED) is 0.149. The summed E-state index contributed by atoms with van der Waals surface area (Å²) in [4.78, 5) is 20.7. The Hall–Kier alpha value is -15.6. The topological polar surface area (TPSA) is 224 Å². The van der Waals surface area contributed by atoms with Gasteiger partial charge in [-0.3, -0.25) is 8.80 Å². The first-order valence-electron chi connectivity index (χ1n) is 41.5. The van der Waals surface area contributed by atoms with Gasteiger partial charge in [-0.05, 0) is 167 Å². The lowest BCUT2D eigenvalue weighted by molar-refractivity contribution is 0.625. The second-order valence-corrected chi connectivity index (χ2v) is 31.8. The van der Waals surface area contributed by atoms with Crippen LogP contribution in [0.25, 0.3) is 188 Å². The summed E-state index contributed by atoms with van der Waals surface area (Å²) >= 11 is 0. The maximum atomic E-state index is 5.78. The van der Waals surface area contributed by atoms with E-state index in [1.54, 1.807) is 0 Å². The van der Waals surface area contributed by atoms with E-state index in [4.69, 9.17) is 39.8 Å². The standard InChI is InChI=1S/4C12H11NO.4C11H10N2O.C11H9NO.CH4/c1-8-12-10(7-13(8)2)9-5-3-4-6-11(9)14-12;1-8-12-9-5-3-4-6-10(9)14-11(12)7-13(8)2;1-8-7-10-9-5-3-4-6-11(9)14-12(10)13(8)2;1-8-7-11-12(13(8)2)9-5-3-4-6-10(9)14-11;1-7-12-11-10(13(7)2)8-5-3-4-6-9(8)14-11;1-7-12-10-8-5-3-4-6-9(8)14-11(10)13(7)2;2*1-7-8(2)13-9-5-3-4-6-10(9)14-11(13)12-7;1-7-11-8-4-2-3-5-9(8)13-10(11)6-12-7;/h4*3-7H,1-2H3;4*3-6H,1-2H3;2-6,12H,1H3;1H4. The third kappa shape index (κ3) is 14.2. The minimum atomic E-state index is 0. The second-order valence-electron chi connectivity index (χ2n) is 31.8. The lowest BCUT2D eigenvalue weighted by Gasteiger charge is -1.96. The van der Waals surface area contributed by atoms with E-state index in [1.165, 1.54) is 82.5 Å². The molecule has 0 aliphatic carbocycles. The van der Waals surface area contributed by atoms with Gasteiger partial charge in [0.05, 0.1) is 33.6 Å². The molecule has 18 heterocycles. The van der Waals surface area contributed by atoms with E-state index in [2.05, 4.69) is 158 Å². The summed E-state index contributed by atoms with van der Waals surface area (Å²) in [5.41, 5.74) is 30.7. The number of furan rings is 7. The Morgan fingerprint density at radius 1 is 0.286 bits per heavy atom. The van der Waals surface area contributed by atoms with Crippen molar-refractivity contribution in [2.75, 3.05) is 0 Å². The molecule has 0 fully saturated rings. The van der Waals surface area contributed by atoms with Crippen LogP contribution in [-0.4, -0.2) is 61.1 Å². The SMILES string of the molecule is C.Cc1[nH]cc2oc3ccccc3c12.Cc1c2c(cn1C)oc1ccccc12.Cc1c2oc3ccccc3c2cn1C.Cc1cc2c3ccccc3oc2n1C.Cc1cc2oc3ccccc3c2n1C.Cc1nc2c3ccccc3oc2n1C.Cc1nc2oc3ccccc3c2n1C.Cc1nc2oc3ccccc3n2c1C.Cc1nc2oc3ccccc3n2c1C. The van der Waals surface area contributed by atoms with Crippen LogP contribution in [0.5, 0.6) is 0 Å². The Morgan fingerprint density at radius 3 is 1.29 bits per heavy atom. The number of imidazole rings is 4. The van der Waals surface area contributed by atoms with E-state index < -0.39 is 0 Å². The van der Waals surface area contributed by atoms with E-state index in [9.17, 15) is 0 Å². The zero-order valence-corrected chi connectivity index (χ0v) is 72.7. The first kappa shape index (κ1) is 81.4. The number of oxazole rings is 2. The summed E-state index contributed by atoms with van der Waals surface area (Å²) in [5.74, 6) is 3.32. The van der Waals surface area contributed by atoms with Gasteiger partial charge < -0.3 is 72.1 Å². The fourth-order valence-electron chi connectivity index (χ4n) is 16.6. The van der Waals surface area contributed by atoms with Gasteiger partial charge in [0.1, 0.15) is 61.8 Å². The average Bonchev–Trinajstić information content (AvgIpc) is 1.62. The highest BCUT2D eigenvalue weighted by molar-refractivity contribution is 6.10. The highest BCUT2D eigenvalue weighted by atomic mass is 16.4. The number of aromatic nitrogens is 13. The fraction of sp³-hybridized carbons (Fsp3) is 0.173. The highest BCUT2D eigenvalue weighted by Crippen LogP contribution is 2.38. The van der Waals surface area contributed by atoms with Crippen LogP contribution >= 0.6 is 0 Å². The minimum Gasteiger partial charge on any atom is -0.454 e. The summed E-state index contributed by atoms with van der Waals surface area (Å²) in [7, 11) is 12.2. The Kier molecular flexibility index (Phi) is 21.1. The summed E-state index contributed by atoms with van der Waals surface area (Å²) in [5, 5.41) is 13.1. The number of nitrogens with zero attached hydrogens (tertiary/aromatic N) is 12. The van der Waals surface area contributed by atoms with Gasteiger partial charge in [0.25, 0.3) is 0 Å². The second kappa shape index (κ2) is 32.7. The third-order valence-electron chi connectivity index (χ3n) is 24.2. The fourth-order valence-corrected chi connectivity index (χ4v) is 16.6. The molecule has 1 N–H and O–H groups in total. The lowest BCUT2D eigenvalue weighted by atomic mass is 10.2. The van der Waals surface area contributed by atoms with Gasteiger partial charge in [0.2, 0.25) is 17.1 Å². The number of rotatable bonds is 0. The van der Waals surface area contributed by atoms with E-state index in [0.717, 1.165) is 157 Å². The number of nitrogens with one attached hydrogen (secondary N) is 1. The smallest absolute Gasteiger partial charge is 0.307 e. The van der Waals surface area contributed by atoms with Crippen molar-refractivity contribution < 1.29 is 39.8 Å². The number of para-hydroxylation sites is 11. The Labute approximate surface area is 722 Å². The van der Waals surface area contributed by atoms with E-state index >= 15 is 0 Å². The maximum absolute atomic E-state index is 5.78. The number of fused-ring (bicyclic) bond motifs is 27. The van der Waals surface area contributed by atoms with Crippen molar-refractivity contribution >= 4 is 188 Å². The van der Waals surface area contributed by atoms with Gasteiger partial charge in [-0.15, -0.1) is 0 Å². The monoisotopic (exact) mass is 1670 g/mol. The molecule has 27 aromatic rings. The molecule has 18 aromatic heterocycles. The van der Waals surface area contributed by atoms with Crippen LogP contribution in [0.15, 0.2) is 289 Å². The van der Waals surface area contributed by atoms with Gasteiger partial charge in [-0.1, -0.05) is 141 Å². The molecule has 0 aliphatic rings. The Bertz CT molecular complexity index is 7760. The molecule has 126 heavy (non-hydrogen) atoms. The van der Waals surface area contributed by atoms with Crippen LogP contribution in [0.1, 0.15) is 70.3 Å². The first-order chi connectivity index (χ1) is 60.5. The predicted molar refractivity (Wildman–Crippen MR) is 509 cm³/mol. The zero-order valence-electron chi connectivity index (χ0n) is 72.7. The molecule has 0 bridgehead atoms. The van der Waals surface area contributed by atoms with Gasteiger partial charge in [-0.25, -0.2) is 4.98 Å². The maximum Gasteiger partial charge on any atom is 0.307 e. The van der Waals surface area contributed by atoms with E-state index in [0.29, 0.717) is 11.7 Å². The number of aryl methyl sites for hydroxylation is 17. The molecule has 0 unspecified atom stereocenters. The number of benzene rings is 9. The minimum absolute atomic E-state index is 0. The number of hydrogen-bond acceptors (Lipinski definition) is 13. The van der Waals surface area contributed by atoms with Crippen molar-refractivity contribution in [2.24, 2.45) is 42.3 Å². The van der Waals surface area contributed by atoms with Crippen molar-refractivity contribution in [1.29, 1.82) is 0 Å². The van der Waals surface area contributed by atoms with Gasteiger partial charge in [0, 0.05) is 160 Å². The van der Waals surface area contributed by atoms with Crippen LogP contribution in [-0.2, 0) is 42.3 Å². The zero-order chi connectivity index (χ0) is 86.5. The van der Waals surface area contributed by atoms with Crippen LogP contribution in [0, 0.1) is 76.2 Å². The van der Waals surface area contributed by atoms with Crippen LogP contribution < -0.4 is 0 Å². The molecular weight excluding hydrogens is 1580 g/mol. The molecule has 0 amide bonds. The molecule has 22 nitrogen and oxygen atoms in total. The number of aromatic amines is 1. The molecular formula is C104H97N13O9. The molecule has 0 spiro atoms. The highest BCUT2D eigenvalue weighted by Gasteiger charge is 2.20. The molecule has 22 heteroatoms. The largest absolute Gasteiger partial charge is 0.454 e. The number of hydrogen-bond donors (Lipinski definition) is 1. The molecule has 0 aliphatic heterocycles. The molecule has 27 rings (SSSR count). The van der Waals surface area contributed by atoms with Crippen LogP contribution in [0.3, 0.4) is 0 Å². The van der Waals surface area contributed by atoms with E-state index in [-0.39, 0.29) is 7.43 Å². The van der Waals surface area contributed by atoms with Crippen molar-refractivity contribution in [2.45, 2.75) is 83.6 Å². The third-order valence-corrected chi connectivity index (χ3v) is 24.2. The average molecular weight is 1670 g/mol. The predicted octanol–water partition coefficient (Wildman–Crippen LogP) is 27.4. The molecule has 0 atom stereocenters. The van der Waals surface area contributed by atoms with Crippen molar-refractivity contribution in [1.82, 2.24) is 61.1 Å². The van der Waals surface area contributed by atoms with Crippen LogP contribution in [0.2, 0.25) is 0 Å². The first-order valence-corrected chi connectivity index (χ1v) is 41.5. The van der Waals surface area contributed by atoms with Crippen molar-refractivity contribution in [3.05, 3.63) is 312 Å². The van der Waals surface area contributed by atoms with Crippen molar-refractivity contribution in [3.8, 4) is 0 Å². The van der Waals surface area contributed by atoms with E-state index in [1.807, 2.05) is 271 Å². The van der Waals surface area contributed by atoms with Gasteiger partial charge >= 0.3 is 11.7 Å². The Morgan fingerprint density at radius 2 is 0.706 bits per heavy atom.